The van der Waals surface area contributed by atoms with Crippen LogP contribution in [0.5, 0.6) is 11.5 Å². The van der Waals surface area contributed by atoms with Gasteiger partial charge in [0.25, 0.3) is 5.91 Å². The number of hydrogen-bond donors (Lipinski definition) is 1. The summed E-state index contributed by atoms with van der Waals surface area (Å²) in [7, 11) is 1.16. The van der Waals surface area contributed by atoms with Gasteiger partial charge in [-0.2, -0.15) is 4.31 Å². The van der Waals surface area contributed by atoms with Gasteiger partial charge in [0, 0.05) is 18.7 Å². The van der Waals surface area contributed by atoms with E-state index in [1.807, 2.05) is 0 Å². The molecule has 0 atom stereocenters. The summed E-state index contributed by atoms with van der Waals surface area (Å²) in [5.41, 5.74) is 0.941. The summed E-state index contributed by atoms with van der Waals surface area (Å²) < 4.78 is 39.0. The smallest absolute Gasteiger partial charge is 0.257 e. The molecule has 1 heterocycles. The molecule has 1 amide bonds. The van der Waals surface area contributed by atoms with E-state index < -0.39 is 10.0 Å². The highest BCUT2D eigenvalue weighted by Crippen LogP contribution is 2.39. The summed E-state index contributed by atoms with van der Waals surface area (Å²) >= 11 is 1.28. The molecule has 3 aromatic rings. The van der Waals surface area contributed by atoms with Crippen molar-refractivity contribution in [3.63, 3.8) is 0 Å². The molecule has 0 radical (unpaired) electrons. The second-order valence-electron chi connectivity index (χ2n) is 7.96. The van der Waals surface area contributed by atoms with E-state index >= 15 is 0 Å². The molecule has 1 saturated carbocycles. The minimum atomic E-state index is -3.61. The lowest BCUT2D eigenvalue weighted by atomic mass is 9.96. The van der Waals surface area contributed by atoms with Crippen LogP contribution in [0.1, 0.15) is 42.5 Å². The zero-order valence-electron chi connectivity index (χ0n) is 18.8. The monoisotopic (exact) mass is 489 g/mol. The summed E-state index contributed by atoms with van der Waals surface area (Å²) in [4.78, 5) is 17.4. The number of benzene rings is 2. The van der Waals surface area contributed by atoms with Gasteiger partial charge in [-0.05, 0) is 49.2 Å². The summed E-state index contributed by atoms with van der Waals surface area (Å²) in [6, 6.07) is 9.57. The van der Waals surface area contributed by atoms with Gasteiger partial charge in [-0.25, -0.2) is 13.4 Å². The Morgan fingerprint density at radius 3 is 2.30 bits per heavy atom. The van der Waals surface area contributed by atoms with Gasteiger partial charge in [-0.15, -0.1) is 0 Å². The summed E-state index contributed by atoms with van der Waals surface area (Å²) in [5.74, 6) is 0.844. The van der Waals surface area contributed by atoms with Crippen molar-refractivity contribution in [2.45, 2.75) is 43.0 Å². The molecule has 8 nitrogen and oxygen atoms in total. The summed E-state index contributed by atoms with van der Waals surface area (Å²) in [6.45, 7) is 0. The number of fused-ring (bicyclic) bond motifs is 1. The summed E-state index contributed by atoms with van der Waals surface area (Å²) in [6.07, 6.45) is 5.02. The minimum absolute atomic E-state index is 0.0275. The predicted octanol–water partition coefficient (Wildman–Crippen LogP) is 4.52. The first-order valence-corrected chi connectivity index (χ1v) is 13.0. The van der Waals surface area contributed by atoms with Gasteiger partial charge >= 0.3 is 0 Å². The number of ether oxygens (including phenoxy) is 2. The van der Waals surface area contributed by atoms with Crippen LogP contribution in [0.15, 0.2) is 41.3 Å². The standard InChI is InChI=1S/C23H27N3O5S2/c1-26(16-7-5-4-6-8-16)33(28,29)17-11-9-15(10-12-17)22(27)25-23-24-20-18(30-2)13-14-19(31-3)21(20)32-23/h9-14,16H,4-8H2,1-3H3,(H,24,25,27). The second-order valence-corrected chi connectivity index (χ2v) is 11.0. The van der Waals surface area contributed by atoms with Gasteiger partial charge in [0.2, 0.25) is 10.0 Å². The number of carbonyl (C=O) groups is 1. The van der Waals surface area contributed by atoms with E-state index in [0.29, 0.717) is 27.7 Å². The van der Waals surface area contributed by atoms with E-state index in [-0.39, 0.29) is 16.8 Å². The summed E-state index contributed by atoms with van der Waals surface area (Å²) in [5, 5.41) is 3.18. The maximum Gasteiger partial charge on any atom is 0.257 e. The van der Waals surface area contributed by atoms with Crippen LogP contribution in [0.25, 0.3) is 10.2 Å². The number of nitrogens with zero attached hydrogens (tertiary/aromatic N) is 2. The molecule has 4 rings (SSSR count). The van der Waals surface area contributed by atoms with E-state index in [4.69, 9.17) is 9.47 Å². The van der Waals surface area contributed by atoms with Crippen LogP contribution in [0.2, 0.25) is 0 Å². The van der Waals surface area contributed by atoms with Crippen molar-refractivity contribution in [2.75, 3.05) is 26.6 Å². The highest BCUT2D eigenvalue weighted by Gasteiger charge is 2.29. The first kappa shape index (κ1) is 23.5. The fraction of sp³-hybridized carbons (Fsp3) is 0.391. The third kappa shape index (κ3) is 4.68. The number of hydrogen-bond acceptors (Lipinski definition) is 7. The molecule has 1 aromatic heterocycles. The molecule has 33 heavy (non-hydrogen) atoms. The van der Waals surface area contributed by atoms with Crippen molar-refractivity contribution in [3.8, 4) is 11.5 Å². The normalized spacial score (nSPS) is 15.0. The van der Waals surface area contributed by atoms with Crippen LogP contribution in [-0.2, 0) is 10.0 Å². The van der Waals surface area contributed by atoms with Gasteiger partial charge in [0.15, 0.2) is 5.13 Å². The van der Waals surface area contributed by atoms with E-state index in [2.05, 4.69) is 10.3 Å². The number of rotatable bonds is 7. The molecule has 0 spiro atoms. The maximum atomic E-state index is 13.0. The molecule has 0 aliphatic heterocycles. The molecule has 0 unspecified atom stereocenters. The van der Waals surface area contributed by atoms with Crippen molar-refractivity contribution in [1.82, 2.24) is 9.29 Å². The number of anilines is 1. The first-order valence-electron chi connectivity index (χ1n) is 10.8. The van der Waals surface area contributed by atoms with Gasteiger partial charge in [0.05, 0.1) is 19.1 Å². The number of methoxy groups -OCH3 is 2. The van der Waals surface area contributed by atoms with Crippen molar-refractivity contribution in [2.24, 2.45) is 0 Å². The number of nitrogens with one attached hydrogen (secondary N) is 1. The lowest BCUT2D eigenvalue weighted by Crippen LogP contribution is -2.38. The van der Waals surface area contributed by atoms with Gasteiger partial charge in [-0.1, -0.05) is 30.6 Å². The molecule has 0 bridgehead atoms. The highest BCUT2D eigenvalue weighted by molar-refractivity contribution is 7.89. The number of sulfonamides is 1. The molecule has 1 fully saturated rings. The lowest BCUT2D eigenvalue weighted by Gasteiger charge is -2.30. The molecule has 10 heteroatoms. The Balaban J connectivity index is 1.52. The van der Waals surface area contributed by atoms with Gasteiger partial charge in [0.1, 0.15) is 21.7 Å². The Bertz CT molecular complexity index is 1210. The Hall–Kier alpha value is -2.69. The third-order valence-electron chi connectivity index (χ3n) is 6.01. The maximum absolute atomic E-state index is 13.0. The number of thiazole rings is 1. The molecule has 1 N–H and O–H groups in total. The average Bonchev–Trinajstić information content (AvgIpc) is 3.27. The zero-order valence-corrected chi connectivity index (χ0v) is 20.5. The number of amides is 1. The molecule has 1 aliphatic carbocycles. The molecular formula is C23H27N3O5S2. The molecule has 0 saturated heterocycles. The first-order chi connectivity index (χ1) is 15.8. The van der Waals surface area contributed by atoms with Crippen molar-refractivity contribution < 1.29 is 22.7 Å². The van der Waals surface area contributed by atoms with Crippen LogP contribution < -0.4 is 14.8 Å². The quantitative estimate of drug-likeness (QED) is 0.524. The zero-order chi connectivity index (χ0) is 23.6. The van der Waals surface area contributed by atoms with Crippen LogP contribution >= 0.6 is 11.3 Å². The number of aromatic nitrogens is 1. The average molecular weight is 490 g/mol. The largest absolute Gasteiger partial charge is 0.495 e. The Morgan fingerprint density at radius 2 is 1.67 bits per heavy atom. The minimum Gasteiger partial charge on any atom is -0.495 e. The van der Waals surface area contributed by atoms with E-state index in [0.717, 1.165) is 36.8 Å². The van der Waals surface area contributed by atoms with E-state index in [1.54, 1.807) is 33.4 Å². The van der Waals surface area contributed by atoms with Crippen LogP contribution in [0.4, 0.5) is 5.13 Å². The fourth-order valence-corrected chi connectivity index (χ4v) is 6.48. The van der Waals surface area contributed by atoms with Crippen molar-refractivity contribution in [1.29, 1.82) is 0 Å². The topological polar surface area (TPSA) is 97.8 Å². The Kier molecular flexibility index (Phi) is 6.87. The van der Waals surface area contributed by atoms with Gasteiger partial charge in [-0.3, -0.25) is 10.1 Å². The molecular weight excluding hydrogens is 462 g/mol. The van der Waals surface area contributed by atoms with Crippen molar-refractivity contribution >= 4 is 42.6 Å². The second kappa shape index (κ2) is 9.66. The third-order valence-corrected chi connectivity index (χ3v) is 8.92. The van der Waals surface area contributed by atoms with E-state index in [1.165, 1.54) is 39.9 Å². The fourth-order valence-electron chi connectivity index (χ4n) is 4.09. The molecule has 1 aliphatic rings. The van der Waals surface area contributed by atoms with E-state index in [9.17, 15) is 13.2 Å². The van der Waals surface area contributed by atoms with Crippen LogP contribution in [0, 0.1) is 0 Å². The SMILES string of the molecule is COc1ccc(OC)c2sc(NC(=O)c3ccc(S(=O)(=O)N(C)C4CCCCC4)cc3)nc12. The lowest BCUT2D eigenvalue weighted by molar-refractivity contribution is 0.102. The van der Waals surface area contributed by atoms with Crippen LogP contribution in [0.3, 0.4) is 0 Å². The molecule has 176 valence electrons. The number of carbonyl (C=O) groups excluding carboxylic acids is 1. The Labute approximate surface area is 197 Å². The molecule has 2 aromatic carbocycles. The van der Waals surface area contributed by atoms with Crippen molar-refractivity contribution in [3.05, 3.63) is 42.0 Å². The van der Waals surface area contributed by atoms with Gasteiger partial charge < -0.3 is 9.47 Å². The Morgan fingerprint density at radius 1 is 1.03 bits per heavy atom. The highest BCUT2D eigenvalue weighted by atomic mass is 32.2. The predicted molar refractivity (Wildman–Crippen MR) is 129 cm³/mol. The van der Waals surface area contributed by atoms with Crippen LogP contribution in [-0.4, -0.2) is 50.9 Å².